The van der Waals surface area contributed by atoms with Crippen LogP contribution in [0.15, 0.2) is 47.5 Å². The van der Waals surface area contributed by atoms with Crippen molar-refractivity contribution in [3.05, 3.63) is 59.2 Å². The van der Waals surface area contributed by atoms with Crippen molar-refractivity contribution in [3.8, 4) is 11.5 Å². The van der Waals surface area contributed by atoms with Crippen LogP contribution in [0, 0.1) is 6.92 Å². The molecule has 5 nitrogen and oxygen atoms in total. The fourth-order valence-corrected chi connectivity index (χ4v) is 2.53. The van der Waals surface area contributed by atoms with Gasteiger partial charge in [-0.15, -0.1) is 24.0 Å². The van der Waals surface area contributed by atoms with Gasteiger partial charge < -0.3 is 20.1 Å². The van der Waals surface area contributed by atoms with Crippen LogP contribution in [0.25, 0.3) is 0 Å². The van der Waals surface area contributed by atoms with E-state index in [1.807, 2.05) is 25.1 Å². The average molecular weight is 523 g/mol. The van der Waals surface area contributed by atoms with Gasteiger partial charge in [-0.3, -0.25) is 4.99 Å². The number of para-hydroxylation sites is 1. The second-order valence-corrected chi connectivity index (χ2v) is 6.11. The minimum absolute atomic E-state index is 0. The van der Waals surface area contributed by atoms with E-state index >= 15 is 0 Å². The van der Waals surface area contributed by atoms with Crippen molar-refractivity contribution in [3.63, 3.8) is 0 Å². The molecule has 0 unspecified atom stereocenters. The number of aryl methyl sites for hydroxylation is 1. The average Bonchev–Trinajstić information content (AvgIpc) is 2.67. The number of alkyl halides is 3. The number of ether oxygens (including phenoxy) is 2. The smallest absolute Gasteiger partial charge is 0.422 e. The molecule has 0 aliphatic heterocycles. The number of guanidine groups is 1. The molecule has 0 aliphatic rings. The molecule has 0 bridgehead atoms. The molecule has 0 saturated carbocycles. The molecule has 0 amide bonds. The molecule has 2 N–H and O–H groups in total. The largest absolute Gasteiger partial charge is 0.496 e. The summed E-state index contributed by atoms with van der Waals surface area (Å²) in [4.78, 5) is 4.14. The van der Waals surface area contributed by atoms with Gasteiger partial charge in [-0.2, -0.15) is 13.2 Å². The summed E-state index contributed by atoms with van der Waals surface area (Å²) in [7, 11) is 3.23. The van der Waals surface area contributed by atoms with E-state index in [0.29, 0.717) is 18.1 Å². The third-order valence-electron chi connectivity index (χ3n) is 3.92. The summed E-state index contributed by atoms with van der Waals surface area (Å²) < 4.78 is 47.5. The number of aliphatic imine (C=N–C) groups is 1. The Labute approximate surface area is 185 Å². The fourth-order valence-electron chi connectivity index (χ4n) is 2.53. The second kappa shape index (κ2) is 11.7. The Hall–Kier alpha value is -2.17. The van der Waals surface area contributed by atoms with Crippen molar-refractivity contribution >= 4 is 29.9 Å². The highest BCUT2D eigenvalue weighted by atomic mass is 127. The molecular formula is C20H25F3IN3O2. The summed E-state index contributed by atoms with van der Waals surface area (Å²) in [6, 6.07) is 12.5. The van der Waals surface area contributed by atoms with Crippen LogP contribution in [0.5, 0.6) is 11.5 Å². The first-order valence-corrected chi connectivity index (χ1v) is 8.68. The summed E-state index contributed by atoms with van der Waals surface area (Å²) in [5.74, 6) is 1.46. The molecule has 2 aromatic rings. The third-order valence-corrected chi connectivity index (χ3v) is 3.92. The zero-order valence-corrected chi connectivity index (χ0v) is 18.8. The maximum absolute atomic E-state index is 12.4. The van der Waals surface area contributed by atoms with E-state index in [1.54, 1.807) is 32.4 Å². The fraction of sp³-hybridized carbons (Fsp3) is 0.350. The molecule has 2 rings (SSSR count). The van der Waals surface area contributed by atoms with Crippen molar-refractivity contribution < 1.29 is 22.6 Å². The van der Waals surface area contributed by atoms with E-state index in [1.165, 1.54) is 6.07 Å². The second-order valence-electron chi connectivity index (χ2n) is 6.11. The van der Waals surface area contributed by atoms with Gasteiger partial charge in [0.15, 0.2) is 12.6 Å². The number of nitrogens with zero attached hydrogens (tertiary/aromatic N) is 1. The lowest BCUT2D eigenvalue weighted by Gasteiger charge is -2.16. The molecule has 0 heterocycles. The highest BCUT2D eigenvalue weighted by Gasteiger charge is 2.28. The number of hydrogen-bond donors (Lipinski definition) is 2. The number of benzene rings is 2. The molecule has 0 aromatic heterocycles. The van der Waals surface area contributed by atoms with Crippen molar-refractivity contribution in [2.24, 2.45) is 4.99 Å². The maximum atomic E-state index is 12.4. The summed E-state index contributed by atoms with van der Waals surface area (Å²) in [5, 5.41) is 6.24. The van der Waals surface area contributed by atoms with Gasteiger partial charge in [-0.25, -0.2) is 0 Å². The number of nitrogens with one attached hydrogen (secondary N) is 2. The van der Waals surface area contributed by atoms with E-state index in [-0.39, 0.29) is 36.3 Å². The number of hydrogen-bond acceptors (Lipinski definition) is 3. The summed E-state index contributed by atoms with van der Waals surface area (Å²) in [5.41, 5.74) is 2.66. The van der Waals surface area contributed by atoms with E-state index in [0.717, 1.165) is 16.9 Å². The Morgan fingerprint density at radius 2 is 1.62 bits per heavy atom. The Morgan fingerprint density at radius 3 is 2.21 bits per heavy atom. The lowest BCUT2D eigenvalue weighted by atomic mass is 10.1. The first-order valence-electron chi connectivity index (χ1n) is 8.68. The summed E-state index contributed by atoms with van der Waals surface area (Å²) in [6.45, 7) is 1.40. The molecule has 0 atom stereocenters. The van der Waals surface area contributed by atoms with Crippen LogP contribution in [0.4, 0.5) is 13.2 Å². The lowest BCUT2D eigenvalue weighted by molar-refractivity contribution is -0.153. The quantitative estimate of drug-likeness (QED) is 0.321. The molecule has 2 aromatic carbocycles. The highest BCUT2D eigenvalue weighted by Crippen LogP contribution is 2.22. The summed E-state index contributed by atoms with van der Waals surface area (Å²) in [6.07, 6.45) is -4.38. The zero-order valence-electron chi connectivity index (χ0n) is 16.5. The lowest BCUT2D eigenvalue weighted by Crippen LogP contribution is -2.36. The van der Waals surface area contributed by atoms with Gasteiger partial charge in [0.2, 0.25) is 0 Å². The Morgan fingerprint density at radius 1 is 1.00 bits per heavy atom. The minimum Gasteiger partial charge on any atom is -0.496 e. The van der Waals surface area contributed by atoms with Crippen LogP contribution in [0.1, 0.15) is 16.7 Å². The zero-order chi connectivity index (χ0) is 20.6. The van der Waals surface area contributed by atoms with Gasteiger partial charge >= 0.3 is 6.18 Å². The number of halogens is 4. The van der Waals surface area contributed by atoms with Gasteiger partial charge in [0, 0.05) is 31.3 Å². The molecule has 0 spiro atoms. The standard InChI is InChI=1S/C20H24F3N3O2.HI/c1-14-8-9-16(18(10-14)27-3)12-26-19(24-2)25-11-15-6-4-5-7-17(15)28-13-20(21,22)23;/h4-10H,11-13H2,1-3H3,(H2,24,25,26);1H. The normalized spacial score (nSPS) is 11.4. The van der Waals surface area contributed by atoms with Crippen molar-refractivity contribution in [1.29, 1.82) is 0 Å². The van der Waals surface area contributed by atoms with Crippen LogP contribution >= 0.6 is 24.0 Å². The first kappa shape index (κ1) is 24.9. The van der Waals surface area contributed by atoms with Crippen LogP contribution in [0.3, 0.4) is 0 Å². The van der Waals surface area contributed by atoms with Crippen LogP contribution in [-0.2, 0) is 13.1 Å². The predicted octanol–water partition coefficient (Wildman–Crippen LogP) is 4.43. The molecule has 29 heavy (non-hydrogen) atoms. The number of rotatable bonds is 7. The van der Waals surface area contributed by atoms with Gasteiger partial charge in [0.25, 0.3) is 0 Å². The van der Waals surface area contributed by atoms with E-state index < -0.39 is 12.8 Å². The van der Waals surface area contributed by atoms with Gasteiger partial charge in [0.1, 0.15) is 11.5 Å². The molecule has 0 aliphatic carbocycles. The van der Waals surface area contributed by atoms with Crippen molar-refractivity contribution in [2.45, 2.75) is 26.2 Å². The Kier molecular flexibility index (Phi) is 10.1. The monoisotopic (exact) mass is 523 g/mol. The SMILES string of the molecule is CN=C(NCc1ccc(C)cc1OC)NCc1ccccc1OCC(F)(F)F.I. The van der Waals surface area contributed by atoms with Gasteiger partial charge in [-0.05, 0) is 24.6 Å². The molecule has 0 saturated heterocycles. The number of methoxy groups -OCH3 is 1. The first-order chi connectivity index (χ1) is 13.3. The van der Waals surface area contributed by atoms with Crippen LogP contribution < -0.4 is 20.1 Å². The van der Waals surface area contributed by atoms with Crippen LogP contribution in [0.2, 0.25) is 0 Å². The Balaban J connectivity index is 0.00000420. The minimum atomic E-state index is -4.38. The van der Waals surface area contributed by atoms with Crippen molar-refractivity contribution in [2.75, 3.05) is 20.8 Å². The molecule has 0 radical (unpaired) electrons. The highest BCUT2D eigenvalue weighted by molar-refractivity contribution is 14.0. The van der Waals surface area contributed by atoms with Crippen molar-refractivity contribution in [1.82, 2.24) is 10.6 Å². The molecule has 0 fully saturated rings. The van der Waals surface area contributed by atoms with Gasteiger partial charge in [0.05, 0.1) is 7.11 Å². The van der Waals surface area contributed by atoms with Crippen LogP contribution in [-0.4, -0.2) is 32.9 Å². The van der Waals surface area contributed by atoms with E-state index in [9.17, 15) is 13.2 Å². The molecule has 160 valence electrons. The summed E-state index contributed by atoms with van der Waals surface area (Å²) >= 11 is 0. The molecular weight excluding hydrogens is 498 g/mol. The topological polar surface area (TPSA) is 54.9 Å². The Bertz CT molecular complexity index is 814. The van der Waals surface area contributed by atoms with E-state index in [2.05, 4.69) is 15.6 Å². The predicted molar refractivity (Wildman–Crippen MR) is 118 cm³/mol. The van der Waals surface area contributed by atoms with Gasteiger partial charge in [-0.1, -0.05) is 30.3 Å². The molecule has 9 heteroatoms. The maximum Gasteiger partial charge on any atom is 0.422 e. The van der Waals surface area contributed by atoms with E-state index in [4.69, 9.17) is 9.47 Å². The third kappa shape index (κ3) is 8.38.